The van der Waals surface area contributed by atoms with Gasteiger partial charge in [0.25, 0.3) is 11.8 Å². The molecule has 1 atom stereocenters. The molecular weight excluding hydrogens is 414 g/mol. The molecule has 2 aliphatic rings. The van der Waals surface area contributed by atoms with Crippen molar-refractivity contribution >= 4 is 11.8 Å². The van der Waals surface area contributed by atoms with Crippen LogP contribution < -0.4 is 0 Å². The van der Waals surface area contributed by atoms with Crippen molar-refractivity contribution < 1.29 is 9.59 Å². The minimum Gasteiger partial charge on any atom is -0.337 e. The third-order valence-corrected chi connectivity index (χ3v) is 6.83. The van der Waals surface area contributed by atoms with E-state index in [9.17, 15) is 9.59 Å². The first kappa shape index (κ1) is 21.5. The van der Waals surface area contributed by atoms with Gasteiger partial charge < -0.3 is 4.57 Å². The molecule has 0 bridgehead atoms. The Morgan fingerprint density at radius 2 is 1.79 bits per heavy atom. The Morgan fingerprint density at radius 1 is 1.00 bits per heavy atom. The quantitative estimate of drug-likeness (QED) is 0.392. The van der Waals surface area contributed by atoms with E-state index in [0.717, 1.165) is 51.0 Å². The second-order valence-electron chi connectivity index (χ2n) is 8.90. The van der Waals surface area contributed by atoms with Crippen molar-refractivity contribution in [2.75, 3.05) is 13.1 Å². The molecular formula is C26H29N5O2. The second kappa shape index (κ2) is 9.27. The van der Waals surface area contributed by atoms with Gasteiger partial charge in [0.2, 0.25) is 0 Å². The number of nitrogens with zero attached hydrogens (tertiary/aromatic N) is 5. The van der Waals surface area contributed by atoms with Crippen molar-refractivity contribution in [1.82, 2.24) is 24.3 Å². The maximum atomic E-state index is 12.6. The molecule has 1 aromatic carbocycles. The minimum atomic E-state index is -0.175. The molecule has 2 amide bonds. The summed E-state index contributed by atoms with van der Waals surface area (Å²) >= 11 is 0. The molecule has 1 aliphatic heterocycles. The van der Waals surface area contributed by atoms with E-state index in [2.05, 4.69) is 20.5 Å². The van der Waals surface area contributed by atoms with Gasteiger partial charge in [-0.05, 0) is 62.4 Å². The van der Waals surface area contributed by atoms with E-state index in [4.69, 9.17) is 4.98 Å². The van der Waals surface area contributed by atoms with Gasteiger partial charge in [0.1, 0.15) is 5.82 Å². The second-order valence-corrected chi connectivity index (χ2v) is 8.90. The zero-order valence-corrected chi connectivity index (χ0v) is 19.0. The standard InChI is InChI=1S/C26H29N5O2/c1-29-17-14-27-23(29)18-30(22-12-6-8-19-9-7-13-28-24(19)22)15-4-5-16-31-25(32)20-10-2-3-11-21(20)26(31)33/h2-3,7,9-11,13-14,17,22H,4-6,8,12,15-16,18H2,1H3. The lowest BCUT2D eigenvalue weighted by atomic mass is 9.90. The Balaban J connectivity index is 1.26. The minimum absolute atomic E-state index is 0.175. The first-order chi connectivity index (χ1) is 16.1. The zero-order chi connectivity index (χ0) is 22.8. The highest BCUT2D eigenvalue weighted by Crippen LogP contribution is 2.34. The van der Waals surface area contributed by atoms with Crippen LogP contribution in [0.3, 0.4) is 0 Å². The van der Waals surface area contributed by atoms with Crippen LogP contribution >= 0.6 is 0 Å². The summed E-state index contributed by atoms with van der Waals surface area (Å²) < 4.78 is 2.06. The van der Waals surface area contributed by atoms with Crippen molar-refractivity contribution in [2.45, 2.75) is 44.7 Å². The van der Waals surface area contributed by atoms with Crippen LogP contribution in [0.4, 0.5) is 0 Å². The van der Waals surface area contributed by atoms with E-state index in [-0.39, 0.29) is 17.9 Å². The number of unbranched alkanes of at least 4 members (excludes halogenated alkanes) is 1. The van der Waals surface area contributed by atoms with Crippen LogP contribution in [0, 0.1) is 0 Å². The van der Waals surface area contributed by atoms with E-state index in [1.807, 2.05) is 31.7 Å². The first-order valence-corrected chi connectivity index (χ1v) is 11.7. The predicted molar refractivity (Wildman–Crippen MR) is 125 cm³/mol. The van der Waals surface area contributed by atoms with Gasteiger partial charge in [-0.1, -0.05) is 18.2 Å². The van der Waals surface area contributed by atoms with Crippen LogP contribution in [-0.4, -0.2) is 49.2 Å². The van der Waals surface area contributed by atoms with E-state index < -0.39 is 0 Å². The van der Waals surface area contributed by atoms with Crippen molar-refractivity contribution in [2.24, 2.45) is 7.05 Å². The van der Waals surface area contributed by atoms with Crippen LogP contribution in [0.15, 0.2) is 55.0 Å². The number of fused-ring (bicyclic) bond motifs is 2. The summed E-state index contributed by atoms with van der Waals surface area (Å²) in [6.45, 7) is 2.05. The van der Waals surface area contributed by atoms with Crippen molar-refractivity contribution in [3.63, 3.8) is 0 Å². The maximum Gasteiger partial charge on any atom is 0.261 e. The lowest BCUT2D eigenvalue weighted by Crippen LogP contribution is -2.34. The van der Waals surface area contributed by atoms with Crippen LogP contribution in [0.1, 0.15) is 69.5 Å². The first-order valence-electron chi connectivity index (χ1n) is 11.7. The molecule has 3 heterocycles. The normalized spacial score (nSPS) is 17.5. The number of imide groups is 1. The number of aromatic nitrogens is 3. The van der Waals surface area contributed by atoms with Crippen molar-refractivity contribution in [3.8, 4) is 0 Å². The van der Waals surface area contributed by atoms with Crippen LogP contribution in [0.5, 0.6) is 0 Å². The van der Waals surface area contributed by atoms with Gasteiger partial charge in [0, 0.05) is 32.2 Å². The van der Waals surface area contributed by atoms with Crippen molar-refractivity contribution in [3.05, 3.63) is 83.2 Å². The number of imidazole rings is 1. The highest BCUT2D eigenvalue weighted by Gasteiger charge is 2.34. The van der Waals surface area contributed by atoms with Gasteiger partial charge >= 0.3 is 0 Å². The largest absolute Gasteiger partial charge is 0.337 e. The number of rotatable bonds is 8. The Labute approximate surface area is 194 Å². The Kier molecular flexibility index (Phi) is 6.05. The fraction of sp³-hybridized carbons (Fsp3) is 0.385. The molecule has 7 heteroatoms. The fourth-order valence-electron chi connectivity index (χ4n) is 5.04. The van der Waals surface area contributed by atoms with Gasteiger partial charge in [0.15, 0.2) is 0 Å². The molecule has 0 N–H and O–H groups in total. The summed E-state index contributed by atoms with van der Waals surface area (Å²) in [6, 6.07) is 11.5. The molecule has 0 saturated heterocycles. The molecule has 0 spiro atoms. The molecule has 170 valence electrons. The number of carbonyl (C=O) groups is 2. The van der Waals surface area contributed by atoms with Crippen LogP contribution in [0.25, 0.3) is 0 Å². The molecule has 1 aliphatic carbocycles. The average Bonchev–Trinajstić information content (AvgIpc) is 3.36. The van der Waals surface area contributed by atoms with Crippen molar-refractivity contribution in [1.29, 1.82) is 0 Å². The highest BCUT2D eigenvalue weighted by atomic mass is 16.2. The number of pyridine rings is 1. The van der Waals surface area contributed by atoms with E-state index in [0.29, 0.717) is 17.7 Å². The predicted octanol–water partition coefficient (Wildman–Crippen LogP) is 3.77. The topological polar surface area (TPSA) is 71.3 Å². The number of amides is 2. The smallest absolute Gasteiger partial charge is 0.261 e. The SMILES string of the molecule is Cn1ccnc1CN(CCCCN1C(=O)c2ccccc2C1=O)C1CCCc2cccnc21. The van der Waals surface area contributed by atoms with Gasteiger partial charge in [-0.25, -0.2) is 4.98 Å². The molecule has 33 heavy (non-hydrogen) atoms. The Morgan fingerprint density at radius 3 is 2.52 bits per heavy atom. The Hall–Kier alpha value is -3.32. The summed E-state index contributed by atoms with van der Waals surface area (Å²) in [4.78, 5) is 38.4. The van der Waals surface area contributed by atoms with Gasteiger partial charge in [-0.15, -0.1) is 0 Å². The lowest BCUT2D eigenvalue weighted by molar-refractivity contribution is 0.0648. The molecule has 1 unspecified atom stereocenters. The third-order valence-electron chi connectivity index (χ3n) is 6.83. The number of carbonyl (C=O) groups excluding carboxylic acids is 2. The number of benzene rings is 1. The summed E-state index contributed by atoms with van der Waals surface area (Å²) in [5.74, 6) is 0.676. The third kappa shape index (κ3) is 4.20. The summed E-state index contributed by atoms with van der Waals surface area (Å²) in [5, 5.41) is 0. The van der Waals surface area contributed by atoms with Gasteiger partial charge in [0.05, 0.1) is 29.4 Å². The average molecular weight is 444 g/mol. The molecule has 3 aromatic rings. The van der Waals surface area contributed by atoms with E-state index >= 15 is 0 Å². The van der Waals surface area contributed by atoms with E-state index in [1.54, 1.807) is 24.3 Å². The van der Waals surface area contributed by atoms with Gasteiger partial charge in [-0.2, -0.15) is 0 Å². The Bertz CT molecular complexity index is 1140. The molecule has 2 aromatic heterocycles. The molecule has 5 rings (SSSR count). The highest BCUT2D eigenvalue weighted by molar-refractivity contribution is 6.21. The van der Waals surface area contributed by atoms with E-state index in [1.165, 1.54) is 16.2 Å². The molecule has 7 nitrogen and oxygen atoms in total. The van der Waals surface area contributed by atoms with Crippen LogP contribution in [-0.2, 0) is 20.0 Å². The molecule has 0 fully saturated rings. The summed E-state index contributed by atoms with van der Waals surface area (Å²) in [6.07, 6.45) is 10.7. The number of hydrogen-bond acceptors (Lipinski definition) is 5. The molecule has 0 radical (unpaired) electrons. The van der Waals surface area contributed by atoms with Gasteiger partial charge in [-0.3, -0.25) is 24.4 Å². The monoisotopic (exact) mass is 443 g/mol. The maximum absolute atomic E-state index is 12.6. The lowest BCUT2D eigenvalue weighted by Gasteiger charge is -2.35. The fourth-order valence-corrected chi connectivity index (χ4v) is 5.04. The summed E-state index contributed by atoms with van der Waals surface area (Å²) in [5.41, 5.74) is 3.55. The number of aryl methyl sites for hydroxylation is 2. The number of hydrogen-bond donors (Lipinski definition) is 0. The molecule has 0 saturated carbocycles. The zero-order valence-electron chi connectivity index (χ0n) is 19.0. The van der Waals surface area contributed by atoms with Crippen LogP contribution in [0.2, 0.25) is 0 Å². The summed E-state index contributed by atoms with van der Waals surface area (Å²) in [7, 11) is 2.02.